The second-order valence-electron chi connectivity index (χ2n) is 6.84. The lowest BCUT2D eigenvalue weighted by atomic mass is 10.1. The van der Waals surface area contributed by atoms with Gasteiger partial charge in [0.15, 0.2) is 0 Å². The van der Waals surface area contributed by atoms with Crippen LogP contribution in [0.25, 0.3) is 11.0 Å². The number of nitrogens with one attached hydrogen (secondary N) is 1. The number of halogens is 1. The van der Waals surface area contributed by atoms with Crippen LogP contribution in [0.1, 0.15) is 21.5 Å². The summed E-state index contributed by atoms with van der Waals surface area (Å²) in [6.07, 6.45) is 0. The van der Waals surface area contributed by atoms with Gasteiger partial charge in [-0.15, -0.1) is 0 Å². The lowest BCUT2D eigenvalue weighted by Gasteiger charge is -2.09. The molecule has 4 aromatic rings. The number of nitrogens with zero attached hydrogens (tertiary/aromatic N) is 1. The van der Waals surface area contributed by atoms with Gasteiger partial charge in [-0.05, 0) is 55.3 Å². The maximum atomic E-state index is 14.3. The third-order valence-electron chi connectivity index (χ3n) is 4.62. The van der Waals surface area contributed by atoms with Gasteiger partial charge >= 0.3 is 0 Å². The molecule has 0 unspecified atom stereocenters. The number of anilines is 1. The lowest BCUT2D eigenvalue weighted by molar-refractivity contribution is 0.102. The van der Waals surface area contributed by atoms with Crippen molar-refractivity contribution in [3.63, 3.8) is 0 Å². The summed E-state index contributed by atoms with van der Waals surface area (Å²) in [6, 6.07) is 21.1. The molecule has 4 rings (SSSR count). The Morgan fingerprint density at radius 2 is 1.72 bits per heavy atom. The van der Waals surface area contributed by atoms with Crippen molar-refractivity contribution in [3.05, 3.63) is 101 Å². The van der Waals surface area contributed by atoms with Crippen molar-refractivity contribution in [2.24, 2.45) is 4.99 Å². The average Bonchev–Trinajstić information content (AvgIpc) is 2.72. The second-order valence-corrected chi connectivity index (χ2v) is 6.84. The van der Waals surface area contributed by atoms with Gasteiger partial charge in [0, 0.05) is 11.1 Å². The molecule has 0 fully saturated rings. The van der Waals surface area contributed by atoms with Crippen molar-refractivity contribution >= 4 is 28.3 Å². The van der Waals surface area contributed by atoms with Crippen molar-refractivity contribution in [3.8, 4) is 0 Å². The minimum Gasteiger partial charge on any atom is -0.438 e. The van der Waals surface area contributed by atoms with E-state index in [1.807, 2.05) is 56.3 Å². The van der Waals surface area contributed by atoms with Crippen LogP contribution in [0, 0.1) is 19.7 Å². The molecule has 0 aliphatic rings. The summed E-state index contributed by atoms with van der Waals surface area (Å²) >= 11 is 0. The zero-order valence-corrected chi connectivity index (χ0v) is 16.1. The van der Waals surface area contributed by atoms with Crippen molar-refractivity contribution < 1.29 is 13.6 Å². The number of amides is 1. The van der Waals surface area contributed by atoms with Gasteiger partial charge in [-0.3, -0.25) is 4.79 Å². The fourth-order valence-corrected chi connectivity index (χ4v) is 3.04. The fourth-order valence-electron chi connectivity index (χ4n) is 3.04. The summed E-state index contributed by atoms with van der Waals surface area (Å²) in [5.41, 5.74) is 3.45. The standard InChI is InChI=1S/C24H19FN2O2/c1-15-11-12-19(25)21(13-15)27-24-18(14-17-8-4-6-10-22(17)29-24)23(28)26-20-9-5-3-7-16(20)2/h3-14H,1-2H3,(H,26,28). The Bertz CT molecular complexity index is 1290. The van der Waals surface area contributed by atoms with Crippen LogP contribution in [0.3, 0.4) is 0 Å². The van der Waals surface area contributed by atoms with Gasteiger partial charge < -0.3 is 9.73 Å². The van der Waals surface area contributed by atoms with E-state index >= 15 is 0 Å². The van der Waals surface area contributed by atoms with Crippen LogP contribution in [-0.2, 0) is 0 Å². The third-order valence-corrected chi connectivity index (χ3v) is 4.62. The van der Waals surface area contributed by atoms with Gasteiger partial charge in [-0.25, -0.2) is 9.38 Å². The molecule has 1 amide bonds. The van der Waals surface area contributed by atoms with Crippen LogP contribution in [-0.4, -0.2) is 5.91 Å². The van der Waals surface area contributed by atoms with Crippen molar-refractivity contribution in [2.75, 3.05) is 5.32 Å². The van der Waals surface area contributed by atoms with Crippen LogP contribution in [0.15, 0.2) is 82.2 Å². The number of carbonyl (C=O) groups excluding carboxylic acids is 1. The zero-order chi connectivity index (χ0) is 20.4. The summed E-state index contributed by atoms with van der Waals surface area (Å²) in [4.78, 5) is 17.4. The summed E-state index contributed by atoms with van der Waals surface area (Å²) in [5, 5.41) is 3.65. The van der Waals surface area contributed by atoms with Crippen molar-refractivity contribution in [1.29, 1.82) is 0 Å². The molecule has 0 radical (unpaired) electrons. The second kappa shape index (κ2) is 7.72. The molecule has 0 saturated carbocycles. The molecule has 3 aromatic carbocycles. The zero-order valence-electron chi connectivity index (χ0n) is 16.1. The SMILES string of the molecule is Cc1ccc(F)c(N=c2oc3ccccc3cc2C(=O)Nc2ccccc2C)c1. The molecule has 1 heterocycles. The maximum Gasteiger partial charge on any atom is 0.261 e. The fraction of sp³-hybridized carbons (Fsp3) is 0.0833. The summed E-state index contributed by atoms with van der Waals surface area (Å²) < 4.78 is 20.2. The van der Waals surface area contributed by atoms with E-state index in [-0.39, 0.29) is 22.7 Å². The Labute approximate surface area is 167 Å². The molecule has 0 bridgehead atoms. The summed E-state index contributed by atoms with van der Waals surface area (Å²) in [7, 11) is 0. The minimum absolute atomic E-state index is 0.0549. The molecule has 144 valence electrons. The van der Waals surface area contributed by atoms with Crippen LogP contribution < -0.4 is 10.9 Å². The highest BCUT2D eigenvalue weighted by Gasteiger charge is 2.14. The lowest BCUT2D eigenvalue weighted by Crippen LogP contribution is -2.22. The number of para-hydroxylation sites is 2. The van der Waals surface area contributed by atoms with E-state index in [9.17, 15) is 9.18 Å². The monoisotopic (exact) mass is 386 g/mol. The first-order chi connectivity index (χ1) is 14.0. The number of hydrogen-bond acceptors (Lipinski definition) is 3. The highest BCUT2D eigenvalue weighted by atomic mass is 19.1. The minimum atomic E-state index is -0.482. The molecule has 29 heavy (non-hydrogen) atoms. The van der Waals surface area contributed by atoms with Gasteiger partial charge in [0.25, 0.3) is 5.91 Å². The number of hydrogen-bond donors (Lipinski definition) is 1. The first kappa shape index (κ1) is 18.6. The van der Waals surface area contributed by atoms with Gasteiger partial charge in [-0.2, -0.15) is 0 Å². The third kappa shape index (κ3) is 3.94. The molecule has 0 atom stereocenters. The summed E-state index contributed by atoms with van der Waals surface area (Å²) in [6.45, 7) is 3.76. The van der Waals surface area contributed by atoms with E-state index in [2.05, 4.69) is 10.3 Å². The normalized spacial score (nSPS) is 11.6. The van der Waals surface area contributed by atoms with E-state index in [4.69, 9.17) is 4.42 Å². The van der Waals surface area contributed by atoms with Crippen molar-refractivity contribution in [1.82, 2.24) is 0 Å². The molecule has 5 heteroatoms. The molecular weight excluding hydrogens is 367 g/mol. The van der Waals surface area contributed by atoms with E-state index < -0.39 is 5.82 Å². The van der Waals surface area contributed by atoms with Gasteiger partial charge in [0.1, 0.15) is 22.7 Å². The van der Waals surface area contributed by atoms with Gasteiger partial charge in [0.2, 0.25) is 5.55 Å². The molecule has 0 spiro atoms. The predicted octanol–water partition coefficient (Wildman–Crippen LogP) is 5.67. The molecule has 1 N–H and O–H groups in total. The molecule has 1 aromatic heterocycles. The highest BCUT2D eigenvalue weighted by molar-refractivity contribution is 6.05. The highest BCUT2D eigenvalue weighted by Crippen LogP contribution is 2.20. The van der Waals surface area contributed by atoms with Crippen LogP contribution >= 0.6 is 0 Å². The Morgan fingerprint density at radius 3 is 2.55 bits per heavy atom. The van der Waals surface area contributed by atoms with Crippen LogP contribution in [0.5, 0.6) is 0 Å². The maximum absolute atomic E-state index is 14.3. The van der Waals surface area contributed by atoms with Crippen LogP contribution in [0.4, 0.5) is 15.8 Å². The number of carbonyl (C=O) groups is 1. The summed E-state index contributed by atoms with van der Waals surface area (Å²) in [5.74, 6) is -0.857. The Morgan fingerprint density at radius 1 is 0.966 bits per heavy atom. The van der Waals surface area contributed by atoms with E-state index in [0.29, 0.717) is 11.3 Å². The van der Waals surface area contributed by atoms with Crippen LogP contribution in [0.2, 0.25) is 0 Å². The molecular formula is C24H19FN2O2. The number of aryl methyl sites for hydroxylation is 2. The van der Waals surface area contributed by atoms with Gasteiger partial charge in [-0.1, -0.05) is 42.5 Å². The predicted molar refractivity (Wildman–Crippen MR) is 112 cm³/mol. The Hall–Kier alpha value is -3.73. The molecule has 0 aliphatic heterocycles. The number of benzene rings is 3. The van der Waals surface area contributed by atoms with Gasteiger partial charge in [0.05, 0.1) is 0 Å². The Kier molecular flexibility index (Phi) is 4.96. The molecule has 0 aliphatic carbocycles. The van der Waals surface area contributed by atoms with E-state index in [1.165, 1.54) is 6.07 Å². The average molecular weight is 386 g/mol. The van der Waals surface area contributed by atoms with E-state index in [1.54, 1.807) is 24.3 Å². The largest absolute Gasteiger partial charge is 0.438 e. The first-order valence-electron chi connectivity index (χ1n) is 9.22. The molecule has 0 saturated heterocycles. The smallest absolute Gasteiger partial charge is 0.261 e. The van der Waals surface area contributed by atoms with E-state index in [0.717, 1.165) is 16.5 Å². The molecule has 4 nitrogen and oxygen atoms in total. The topological polar surface area (TPSA) is 54.6 Å². The number of fused-ring (bicyclic) bond motifs is 1. The Balaban J connectivity index is 1.89. The first-order valence-corrected chi connectivity index (χ1v) is 9.22. The number of rotatable bonds is 3. The van der Waals surface area contributed by atoms with Crippen molar-refractivity contribution in [2.45, 2.75) is 13.8 Å². The quantitative estimate of drug-likeness (QED) is 0.493.